The van der Waals surface area contributed by atoms with Gasteiger partial charge in [-0.25, -0.2) is 0 Å². The van der Waals surface area contributed by atoms with E-state index in [0.717, 1.165) is 0 Å². The maximum absolute atomic E-state index is 13.3. The maximum atomic E-state index is 13.3. The Kier molecular flexibility index (Phi) is 5.91. The van der Waals surface area contributed by atoms with Crippen LogP contribution in [0.2, 0.25) is 0 Å². The molecule has 0 spiro atoms. The van der Waals surface area contributed by atoms with Crippen LogP contribution >= 0.6 is 0 Å². The fourth-order valence-corrected chi connectivity index (χ4v) is 3.67. The molecule has 4 aromatic rings. The van der Waals surface area contributed by atoms with E-state index in [1.807, 2.05) is 0 Å². The van der Waals surface area contributed by atoms with Crippen molar-refractivity contribution < 1.29 is 23.8 Å². The zero-order valence-electron chi connectivity index (χ0n) is 18.4. The van der Waals surface area contributed by atoms with Gasteiger partial charge in [0.25, 0.3) is 5.91 Å². The Morgan fingerprint density at radius 2 is 1.58 bits per heavy atom. The van der Waals surface area contributed by atoms with E-state index in [4.69, 9.17) is 19.9 Å². The number of aromatic nitrogens is 1. The van der Waals surface area contributed by atoms with Crippen molar-refractivity contribution in [3.63, 3.8) is 0 Å². The Balaban J connectivity index is 1.79. The normalized spacial score (nSPS) is 10.6. The molecule has 0 saturated carbocycles. The topological polar surface area (TPSA) is 104 Å². The number of nitrogens with one attached hydrogen (secondary N) is 1. The summed E-state index contributed by atoms with van der Waals surface area (Å²) in [5.41, 5.74) is 8.24. The third-order valence-corrected chi connectivity index (χ3v) is 5.33. The second-order valence-corrected chi connectivity index (χ2v) is 7.17. The summed E-state index contributed by atoms with van der Waals surface area (Å²) in [6.45, 7) is 0. The van der Waals surface area contributed by atoms with Crippen LogP contribution in [0.5, 0.6) is 17.2 Å². The lowest BCUT2D eigenvalue weighted by molar-refractivity contribution is 0.102. The first-order chi connectivity index (χ1) is 16.0. The molecule has 0 aliphatic carbocycles. The number of carbonyl (C=O) groups is 2. The lowest BCUT2D eigenvalue weighted by atomic mass is 10.1. The van der Waals surface area contributed by atoms with Crippen LogP contribution in [0.3, 0.4) is 0 Å². The molecule has 0 saturated heterocycles. The van der Waals surface area contributed by atoms with Gasteiger partial charge in [0.1, 0.15) is 22.9 Å². The van der Waals surface area contributed by atoms with E-state index in [0.29, 0.717) is 34.0 Å². The van der Waals surface area contributed by atoms with E-state index < -0.39 is 5.91 Å². The molecule has 0 aliphatic rings. The lowest BCUT2D eigenvalue weighted by Crippen LogP contribution is -2.15. The Morgan fingerprint density at radius 3 is 2.24 bits per heavy atom. The van der Waals surface area contributed by atoms with E-state index in [1.165, 1.54) is 14.2 Å². The molecule has 1 amide bonds. The number of nitrogen functional groups attached to an aromatic ring is 1. The second-order valence-electron chi connectivity index (χ2n) is 7.17. The van der Waals surface area contributed by atoms with Crippen molar-refractivity contribution in [1.29, 1.82) is 0 Å². The van der Waals surface area contributed by atoms with Gasteiger partial charge in [-0.1, -0.05) is 6.07 Å². The SMILES string of the molecule is COc1ccc(C(=O)c2c(N)c(C(=O)Nc3cc(OC)ccc3OC)c3ccccn23)cc1. The highest BCUT2D eigenvalue weighted by Crippen LogP contribution is 2.33. The van der Waals surface area contributed by atoms with E-state index in [1.54, 1.807) is 78.4 Å². The number of anilines is 2. The summed E-state index contributed by atoms with van der Waals surface area (Å²) in [5, 5.41) is 2.83. The fourth-order valence-electron chi connectivity index (χ4n) is 3.67. The monoisotopic (exact) mass is 445 g/mol. The number of carbonyl (C=O) groups excluding carboxylic acids is 2. The molecule has 3 N–H and O–H groups in total. The predicted octanol–water partition coefficient (Wildman–Crippen LogP) is 4.03. The molecule has 0 fully saturated rings. The smallest absolute Gasteiger partial charge is 0.260 e. The average molecular weight is 445 g/mol. The summed E-state index contributed by atoms with van der Waals surface area (Å²) in [7, 11) is 4.59. The highest BCUT2D eigenvalue weighted by molar-refractivity contribution is 6.20. The van der Waals surface area contributed by atoms with E-state index in [9.17, 15) is 9.59 Å². The van der Waals surface area contributed by atoms with Crippen LogP contribution in [0.4, 0.5) is 11.4 Å². The Bertz CT molecular complexity index is 1340. The van der Waals surface area contributed by atoms with Gasteiger partial charge < -0.3 is 29.7 Å². The molecule has 0 bridgehead atoms. The van der Waals surface area contributed by atoms with E-state index in [2.05, 4.69) is 5.32 Å². The molecular formula is C25H23N3O5. The molecule has 0 aliphatic heterocycles. The van der Waals surface area contributed by atoms with Crippen molar-refractivity contribution in [1.82, 2.24) is 4.40 Å². The van der Waals surface area contributed by atoms with Crippen molar-refractivity contribution in [2.24, 2.45) is 0 Å². The van der Waals surface area contributed by atoms with Gasteiger partial charge in [0.2, 0.25) is 5.78 Å². The van der Waals surface area contributed by atoms with Gasteiger partial charge in [-0.05, 0) is 48.5 Å². The minimum Gasteiger partial charge on any atom is -0.497 e. The predicted molar refractivity (Wildman–Crippen MR) is 126 cm³/mol. The van der Waals surface area contributed by atoms with Crippen molar-refractivity contribution in [3.8, 4) is 17.2 Å². The van der Waals surface area contributed by atoms with Gasteiger partial charge in [-0.15, -0.1) is 0 Å². The number of rotatable bonds is 7. The number of ketones is 1. The summed E-state index contributed by atoms with van der Waals surface area (Å²) < 4.78 is 17.4. The summed E-state index contributed by atoms with van der Waals surface area (Å²) in [4.78, 5) is 26.7. The minimum atomic E-state index is -0.475. The Labute approximate surface area is 190 Å². The molecule has 0 atom stereocenters. The molecule has 0 unspecified atom stereocenters. The van der Waals surface area contributed by atoms with E-state index >= 15 is 0 Å². The number of nitrogens with zero attached hydrogens (tertiary/aromatic N) is 1. The number of fused-ring (bicyclic) bond motifs is 1. The van der Waals surface area contributed by atoms with Crippen LogP contribution in [-0.4, -0.2) is 37.4 Å². The number of methoxy groups -OCH3 is 3. The van der Waals surface area contributed by atoms with Gasteiger partial charge in [0.15, 0.2) is 0 Å². The number of nitrogens with two attached hydrogens (primary N) is 1. The Morgan fingerprint density at radius 1 is 0.879 bits per heavy atom. The first kappa shape index (κ1) is 21.8. The summed E-state index contributed by atoms with van der Waals surface area (Å²) in [5.74, 6) is 0.856. The standard InChI is InChI=1S/C25H23N3O5/c1-31-16-9-7-15(8-10-16)24(29)23-22(26)21(19-6-4-5-13-28(19)23)25(30)27-18-14-17(32-2)11-12-20(18)33-3/h4-14H,26H2,1-3H3,(H,27,30). The summed E-state index contributed by atoms with van der Waals surface area (Å²) >= 11 is 0. The molecule has 8 heteroatoms. The number of benzene rings is 2. The van der Waals surface area contributed by atoms with Crippen LogP contribution in [0, 0.1) is 0 Å². The highest BCUT2D eigenvalue weighted by Gasteiger charge is 2.26. The van der Waals surface area contributed by atoms with Crippen LogP contribution in [0.15, 0.2) is 66.9 Å². The van der Waals surface area contributed by atoms with Gasteiger partial charge in [0.05, 0.1) is 43.8 Å². The largest absolute Gasteiger partial charge is 0.497 e. The summed E-state index contributed by atoms with van der Waals surface area (Å²) in [6, 6.07) is 17.0. The molecule has 33 heavy (non-hydrogen) atoms. The quantitative estimate of drug-likeness (QED) is 0.416. The third-order valence-electron chi connectivity index (χ3n) is 5.33. The third kappa shape index (κ3) is 3.94. The van der Waals surface area contributed by atoms with Gasteiger partial charge in [0, 0.05) is 17.8 Å². The van der Waals surface area contributed by atoms with Crippen LogP contribution in [0.25, 0.3) is 5.52 Å². The molecule has 2 aromatic carbocycles. The van der Waals surface area contributed by atoms with Crippen molar-refractivity contribution in [2.75, 3.05) is 32.4 Å². The second kappa shape index (κ2) is 8.96. The molecule has 4 rings (SSSR count). The molecule has 0 radical (unpaired) electrons. The first-order valence-electron chi connectivity index (χ1n) is 10.1. The molecule has 8 nitrogen and oxygen atoms in total. The number of hydrogen-bond donors (Lipinski definition) is 2. The number of pyridine rings is 1. The molecule has 2 heterocycles. The molecule has 2 aromatic heterocycles. The molecule has 168 valence electrons. The zero-order valence-corrected chi connectivity index (χ0v) is 18.4. The minimum absolute atomic E-state index is 0.0846. The van der Waals surface area contributed by atoms with Crippen LogP contribution in [-0.2, 0) is 0 Å². The Hall–Kier alpha value is -4.46. The maximum Gasteiger partial charge on any atom is 0.260 e. The zero-order chi connectivity index (χ0) is 23.5. The number of amides is 1. The molecular weight excluding hydrogens is 422 g/mol. The van der Waals surface area contributed by atoms with Crippen molar-refractivity contribution in [2.45, 2.75) is 0 Å². The van der Waals surface area contributed by atoms with Gasteiger partial charge in [-0.3, -0.25) is 9.59 Å². The highest BCUT2D eigenvalue weighted by atomic mass is 16.5. The van der Waals surface area contributed by atoms with Gasteiger partial charge in [-0.2, -0.15) is 0 Å². The lowest BCUT2D eigenvalue weighted by Gasteiger charge is -2.12. The van der Waals surface area contributed by atoms with Crippen molar-refractivity contribution >= 4 is 28.6 Å². The fraction of sp³-hybridized carbons (Fsp3) is 0.120. The van der Waals surface area contributed by atoms with Crippen LogP contribution in [0.1, 0.15) is 26.4 Å². The van der Waals surface area contributed by atoms with Gasteiger partial charge >= 0.3 is 0 Å². The summed E-state index contributed by atoms with van der Waals surface area (Å²) in [6.07, 6.45) is 1.70. The van der Waals surface area contributed by atoms with E-state index in [-0.39, 0.29) is 22.7 Å². The number of hydrogen-bond acceptors (Lipinski definition) is 6. The number of ether oxygens (including phenoxy) is 3. The van der Waals surface area contributed by atoms with Crippen LogP contribution < -0.4 is 25.3 Å². The van der Waals surface area contributed by atoms with Crippen molar-refractivity contribution in [3.05, 3.63) is 83.7 Å². The average Bonchev–Trinajstić information content (AvgIpc) is 3.15. The first-order valence-corrected chi connectivity index (χ1v) is 10.1.